The number of aromatic nitrogens is 4. The van der Waals surface area contributed by atoms with E-state index in [2.05, 4.69) is 37.5 Å². The van der Waals surface area contributed by atoms with Crippen LogP contribution in [-0.4, -0.2) is 39.4 Å². The van der Waals surface area contributed by atoms with Crippen LogP contribution in [0.3, 0.4) is 0 Å². The van der Waals surface area contributed by atoms with E-state index in [-0.39, 0.29) is 11.8 Å². The number of para-hydroxylation sites is 1. The van der Waals surface area contributed by atoms with Gasteiger partial charge in [0, 0.05) is 48.9 Å². The van der Waals surface area contributed by atoms with Gasteiger partial charge in [0.2, 0.25) is 0 Å². The first-order valence-corrected chi connectivity index (χ1v) is 10.3. The van der Waals surface area contributed by atoms with Crippen LogP contribution in [0.2, 0.25) is 0 Å². The number of alkyl halides is 1. The van der Waals surface area contributed by atoms with E-state index in [1.165, 1.54) is 6.33 Å². The van der Waals surface area contributed by atoms with Crippen LogP contribution in [0.5, 0.6) is 0 Å². The molecule has 1 atom stereocenters. The first kappa shape index (κ1) is 21.3. The lowest BCUT2D eigenvalue weighted by Gasteiger charge is -2.16. The van der Waals surface area contributed by atoms with Gasteiger partial charge in [-0.1, -0.05) is 25.1 Å². The van der Waals surface area contributed by atoms with Gasteiger partial charge >= 0.3 is 0 Å². The van der Waals surface area contributed by atoms with Crippen LogP contribution in [-0.2, 0) is 6.67 Å². The van der Waals surface area contributed by atoms with E-state index in [1.807, 2.05) is 24.3 Å². The normalized spacial score (nSPS) is 11.8. The van der Waals surface area contributed by atoms with Crippen molar-refractivity contribution in [3.05, 3.63) is 78.0 Å². The zero-order chi connectivity index (χ0) is 22.5. The molecule has 7 nitrogen and oxygen atoms in total. The molecule has 0 fully saturated rings. The number of benzene rings is 1. The van der Waals surface area contributed by atoms with Crippen LogP contribution >= 0.6 is 0 Å². The Kier molecular flexibility index (Phi) is 6.30. The lowest BCUT2D eigenvalue weighted by atomic mass is 9.96. The smallest absolute Gasteiger partial charge is 0.251 e. The summed E-state index contributed by atoms with van der Waals surface area (Å²) >= 11 is 0. The number of fused-ring (bicyclic) bond motifs is 1. The molecule has 4 aromatic rings. The quantitative estimate of drug-likeness (QED) is 0.458. The average molecular weight is 430 g/mol. The zero-order valence-corrected chi connectivity index (χ0v) is 17.8. The molecular weight excluding hydrogens is 407 g/mol. The maximum absolute atomic E-state index is 12.7. The maximum Gasteiger partial charge on any atom is 0.251 e. The van der Waals surface area contributed by atoms with Gasteiger partial charge in [0.1, 0.15) is 18.8 Å². The molecule has 0 spiro atoms. The van der Waals surface area contributed by atoms with E-state index in [4.69, 9.17) is 0 Å². The fourth-order valence-electron chi connectivity index (χ4n) is 3.56. The summed E-state index contributed by atoms with van der Waals surface area (Å²) in [5.41, 5.74) is 4.34. The second kappa shape index (κ2) is 9.47. The standard InChI is InChI=1S/C24H23FN6O/c1-15(18-4-3-5-19-20(24(32)26-2)8-9-27-23(18)19)12-29-22-10-21(30-14-31-22)16-6-7-17(11-25)28-13-16/h3-10,13-15H,11-12H2,1-2H3,(H,26,32)(H,29,30,31)/t15-/m1/s1. The molecule has 0 aliphatic carbocycles. The Hall–Kier alpha value is -3.94. The number of carbonyl (C=O) groups is 1. The first-order chi connectivity index (χ1) is 15.6. The number of amides is 1. The third kappa shape index (κ3) is 4.39. The predicted molar refractivity (Wildman–Crippen MR) is 122 cm³/mol. The molecule has 32 heavy (non-hydrogen) atoms. The summed E-state index contributed by atoms with van der Waals surface area (Å²) in [4.78, 5) is 29.4. The van der Waals surface area contributed by atoms with Crippen molar-refractivity contribution in [2.75, 3.05) is 18.9 Å². The van der Waals surface area contributed by atoms with E-state index < -0.39 is 6.67 Å². The minimum atomic E-state index is -0.595. The fourth-order valence-corrected chi connectivity index (χ4v) is 3.56. The summed E-state index contributed by atoms with van der Waals surface area (Å²) in [5, 5.41) is 6.85. The van der Waals surface area contributed by atoms with Crippen LogP contribution in [0, 0.1) is 0 Å². The predicted octanol–water partition coefficient (Wildman–Crippen LogP) is 4.13. The van der Waals surface area contributed by atoms with Crippen molar-refractivity contribution in [3.8, 4) is 11.3 Å². The second-order valence-electron chi connectivity index (χ2n) is 7.42. The highest BCUT2D eigenvalue weighted by molar-refractivity contribution is 6.06. The Morgan fingerprint density at radius 1 is 1.09 bits per heavy atom. The number of nitrogens with zero attached hydrogens (tertiary/aromatic N) is 4. The summed E-state index contributed by atoms with van der Waals surface area (Å²) in [5.74, 6) is 0.647. The van der Waals surface area contributed by atoms with E-state index in [1.54, 1.807) is 37.6 Å². The summed E-state index contributed by atoms with van der Waals surface area (Å²) in [7, 11) is 1.62. The molecule has 0 saturated heterocycles. The lowest BCUT2D eigenvalue weighted by Crippen LogP contribution is -2.18. The number of nitrogens with one attached hydrogen (secondary N) is 2. The van der Waals surface area contributed by atoms with Crippen molar-refractivity contribution in [2.45, 2.75) is 19.5 Å². The van der Waals surface area contributed by atoms with Crippen molar-refractivity contribution < 1.29 is 9.18 Å². The number of halogens is 1. The number of rotatable bonds is 7. The molecule has 0 bridgehead atoms. The maximum atomic E-state index is 12.7. The molecule has 0 saturated carbocycles. The van der Waals surface area contributed by atoms with Crippen molar-refractivity contribution in [1.29, 1.82) is 0 Å². The van der Waals surface area contributed by atoms with Crippen LogP contribution in [0.1, 0.15) is 34.5 Å². The van der Waals surface area contributed by atoms with E-state index >= 15 is 0 Å². The number of hydrogen-bond acceptors (Lipinski definition) is 6. The van der Waals surface area contributed by atoms with Gasteiger partial charge < -0.3 is 10.6 Å². The van der Waals surface area contributed by atoms with Gasteiger partial charge in [-0.3, -0.25) is 14.8 Å². The molecule has 1 amide bonds. The van der Waals surface area contributed by atoms with Gasteiger partial charge in [-0.05, 0) is 23.8 Å². The number of hydrogen-bond donors (Lipinski definition) is 2. The highest BCUT2D eigenvalue weighted by Crippen LogP contribution is 2.27. The summed E-state index contributed by atoms with van der Waals surface area (Å²) in [6.45, 7) is 2.11. The summed E-state index contributed by atoms with van der Waals surface area (Å²) < 4.78 is 12.7. The SMILES string of the molecule is CNC(=O)c1ccnc2c([C@H](C)CNc3cc(-c4ccc(CF)nc4)ncn3)cccc12. The molecule has 2 N–H and O–H groups in total. The van der Waals surface area contributed by atoms with E-state index in [0.717, 1.165) is 22.0 Å². The summed E-state index contributed by atoms with van der Waals surface area (Å²) in [6.07, 6.45) is 4.76. The van der Waals surface area contributed by atoms with Crippen LogP contribution in [0.25, 0.3) is 22.2 Å². The largest absolute Gasteiger partial charge is 0.369 e. The number of anilines is 1. The minimum absolute atomic E-state index is 0.107. The topological polar surface area (TPSA) is 92.7 Å². The molecule has 0 unspecified atom stereocenters. The van der Waals surface area contributed by atoms with Crippen LogP contribution in [0.4, 0.5) is 10.2 Å². The molecule has 8 heteroatoms. The molecule has 3 heterocycles. The highest BCUT2D eigenvalue weighted by atomic mass is 19.1. The monoisotopic (exact) mass is 430 g/mol. The average Bonchev–Trinajstić information content (AvgIpc) is 2.86. The Labute approximate surface area is 185 Å². The second-order valence-corrected chi connectivity index (χ2v) is 7.42. The first-order valence-electron chi connectivity index (χ1n) is 10.3. The van der Waals surface area contributed by atoms with Crippen LogP contribution < -0.4 is 10.6 Å². The molecule has 3 aromatic heterocycles. The van der Waals surface area contributed by atoms with Gasteiger partial charge in [0.25, 0.3) is 5.91 Å². The summed E-state index contributed by atoms with van der Waals surface area (Å²) in [6, 6.07) is 12.9. The van der Waals surface area contributed by atoms with Crippen molar-refractivity contribution in [1.82, 2.24) is 25.3 Å². The molecule has 0 radical (unpaired) electrons. The zero-order valence-electron chi connectivity index (χ0n) is 17.8. The van der Waals surface area contributed by atoms with E-state index in [9.17, 15) is 9.18 Å². The van der Waals surface area contributed by atoms with Gasteiger partial charge in [-0.15, -0.1) is 0 Å². The van der Waals surface area contributed by atoms with Crippen molar-refractivity contribution >= 4 is 22.6 Å². The van der Waals surface area contributed by atoms with E-state index in [0.29, 0.717) is 29.3 Å². The van der Waals surface area contributed by atoms with Gasteiger partial charge in [-0.2, -0.15) is 0 Å². The molecule has 4 rings (SSSR count). The molecule has 0 aliphatic rings. The number of carbonyl (C=O) groups excluding carboxylic acids is 1. The van der Waals surface area contributed by atoms with Gasteiger partial charge in [0.05, 0.1) is 22.5 Å². The Morgan fingerprint density at radius 2 is 1.97 bits per heavy atom. The fraction of sp³-hybridized carbons (Fsp3) is 0.208. The Balaban J connectivity index is 1.53. The molecule has 0 aliphatic heterocycles. The molecular formula is C24H23FN6O. The highest BCUT2D eigenvalue weighted by Gasteiger charge is 2.15. The van der Waals surface area contributed by atoms with Crippen molar-refractivity contribution in [2.24, 2.45) is 0 Å². The number of pyridine rings is 2. The Bertz CT molecular complexity index is 1240. The molecule has 162 valence electrons. The minimum Gasteiger partial charge on any atom is -0.369 e. The van der Waals surface area contributed by atoms with Gasteiger partial charge in [0.15, 0.2) is 0 Å². The Morgan fingerprint density at radius 3 is 2.72 bits per heavy atom. The molecule has 1 aromatic carbocycles. The van der Waals surface area contributed by atoms with Crippen LogP contribution in [0.15, 0.2) is 61.2 Å². The lowest BCUT2D eigenvalue weighted by molar-refractivity contribution is 0.0964. The van der Waals surface area contributed by atoms with Crippen molar-refractivity contribution in [3.63, 3.8) is 0 Å². The third-order valence-corrected chi connectivity index (χ3v) is 5.32. The van der Waals surface area contributed by atoms with Gasteiger partial charge in [-0.25, -0.2) is 14.4 Å². The third-order valence-electron chi connectivity index (χ3n) is 5.32.